The molecule has 0 bridgehead atoms. The van der Waals surface area contributed by atoms with Gasteiger partial charge >= 0.3 is 5.97 Å². The number of fused-ring (bicyclic) bond motifs is 3. The molecule has 0 aliphatic carbocycles. The number of benzene rings is 4. The molecule has 0 radical (unpaired) electrons. The van der Waals surface area contributed by atoms with Gasteiger partial charge in [-0.25, -0.2) is 4.79 Å². The molecule has 7 heteroatoms. The van der Waals surface area contributed by atoms with E-state index < -0.39 is 17.2 Å². The van der Waals surface area contributed by atoms with E-state index in [2.05, 4.69) is 0 Å². The zero-order chi connectivity index (χ0) is 31.5. The van der Waals surface area contributed by atoms with Crippen LogP contribution >= 0.6 is 0 Å². The van der Waals surface area contributed by atoms with Crippen LogP contribution in [0.3, 0.4) is 0 Å². The van der Waals surface area contributed by atoms with E-state index in [-0.39, 0.29) is 6.10 Å². The summed E-state index contributed by atoms with van der Waals surface area (Å²) in [6, 6.07) is 23.4. The second-order valence-corrected chi connectivity index (χ2v) is 11.6. The maximum atomic E-state index is 13.5. The highest BCUT2D eigenvalue weighted by atomic mass is 16.5. The Morgan fingerprint density at radius 1 is 0.841 bits per heavy atom. The second-order valence-electron chi connectivity index (χ2n) is 11.6. The van der Waals surface area contributed by atoms with E-state index in [0.717, 1.165) is 33.4 Å². The summed E-state index contributed by atoms with van der Waals surface area (Å²) in [6.07, 6.45) is 4.65. The van der Waals surface area contributed by atoms with Gasteiger partial charge in [-0.2, -0.15) is 0 Å². The van der Waals surface area contributed by atoms with Crippen LogP contribution < -0.4 is 18.9 Å². The Kier molecular flexibility index (Phi) is 8.88. The van der Waals surface area contributed by atoms with Crippen molar-refractivity contribution in [3.63, 3.8) is 0 Å². The molecular formula is C37H40O7. The number of rotatable bonds is 11. The summed E-state index contributed by atoms with van der Waals surface area (Å²) in [7, 11) is 4.66. The number of ether oxygens (including phenoxy) is 6. The molecule has 1 heterocycles. The maximum Gasteiger partial charge on any atom is 0.342 e. The quantitative estimate of drug-likeness (QED) is 0.163. The number of hydrogen-bond acceptors (Lipinski definition) is 7. The van der Waals surface area contributed by atoms with E-state index in [9.17, 15) is 4.79 Å². The summed E-state index contributed by atoms with van der Waals surface area (Å²) >= 11 is 0. The Morgan fingerprint density at radius 2 is 1.41 bits per heavy atom. The molecule has 0 fully saturated rings. The summed E-state index contributed by atoms with van der Waals surface area (Å²) in [4.78, 5) is 13.5. The first kappa shape index (κ1) is 31.0. The Hall–Kier alpha value is -4.49. The molecule has 0 atom stereocenters. The Labute approximate surface area is 259 Å². The van der Waals surface area contributed by atoms with Crippen LogP contribution in [0.5, 0.6) is 23.0 Å². The zero-order valence-electron chi connectivity index (χ0n) is 26.4. The highest BCUT2D eigenvalue weighted by molar-refractivity contribution is 6.08. The van der Waals surface area contributed by atoms with Gasteiger partial charge in [0.15, 0.2) is 5.60 Å². The van der Waals surface area contributed by atoms with Gasteiger partial charge in [0.25, 0.3) is 0 Å². The minimum absolute atomic E-state index is 0.111. The zero-order valence-corrected chi connectivity index (χ0v) is 26.4. The first-order valence-electron chi connectivity index (χ1n) is 14.8. The third-order valence-electron chi connectivity index (χ3n) is 7.87. The molecule has 44 heavy (non-hydrogen) atoms. The van der Waals surface area contributed by atoms with Gasteiger partial charge in [0.1, 0.15) is 34.2 Å². The van der Waals surface area contributed by atoms with Crippen LogP contribution in [-0.4, -0.2) is 45.6 Å². The van der Waals surface area contributed by atoms with E-state index in [1.807, 2.05) is 113 Å². The molecule has 0 aromatic heterocycles. The first-order valence-corrected chi connectivity index (χ1v) is 14.8. The van der Waals surface area contributed by atoms with Gasteiger partial charge < -0.3 is 28.4 Å². The lowest BCUT2D eigenvalue weighted by Gasteiger charge is -2.38. The van der Waals surface area contributed by atoms with Crippen LogP contribution in [0.1, 0.15) is 61.2 Å². The lowest BCUT2D eigenvalue weighted by atomic mass is 9.82. The van der Waals surface area contributed by atoms with Crippen molar-refractivity contribution >= 4 is 22.8 Å². The van der Waals surface area contributed by atoms with Crippen molar-refractivity contribution < 1.29 is 33.2 Å². The minimum atomic E-state index is -1.02. The van der Waals surface area contributed by atoms with Gasteiger partial charge in [0, 0.05) is 33.9 Å². The van der Waals surface area contributed by atoms with E-state index in [4.69, 9.17) is 28.4 Å². The number of hydrogen-bond donors (Lipinski definition) is 0. The van der Waals surface area contributed by atoms with Crippen molar-refractivity contribution in [1.82, 2.24) is 0 Å². The predicted octanol–water partition coefficient (Wildman–Crippen LogP) is 7.97. The van der Waals surface area contributed by atoms with E-state index >= 15 is 0 Å². The van der Waals surface area contributed by atoms with Gasteiger partial charge in [0.05, 0.1) is 34.0 Å². The minimum Gasteiger partial charge on any atom is -0.497 e. The molecular weight excluding hydrogens is 556 g/mol. The van der Waals surface area contributed by atoms with E-state index in [0.29, 0.717) is 35.7 Å². The Bertz CT molecular complexity index is 1600. The summed E-state index contributed by atoms with van der Waals surface area (Å²) < 4.78 is 35.8. The normalized spacial score (nSPS) is 13.7. The summed E-state index contributed by atoms with van der Waals surface area (Å²) in [5.41, 5.74) is 1.04. The van der Waals surface area contributed by atoms with Crippen LogP contribution in [0.2, 0.25) is 0 Å². The molecule has 0 saturated carbocycles. The van der Waals surface area contributed by atoms with Gasteiger partial charge in [-0.1, -0.05) is 48.5 Å². The fourth-order valence-electron chi connectivity index (χ4n) is 5.49. The number of methoxy groups -OCH3 is 3. The average molecular weight is 597 g/mol. The highest BCUT2D eigenvalue weighted by Gasteiger charge is 2.40. The molecule has 4 aromatic rings. The van der Waals surface area contributed by atoms with Crippen LogP contribution in [0.25, 0.3) is 16.8 Å². The van der Waals surface area contributed by atoms with Crippen molar-refractivity contribution in [3.05, 3.63) is 101 Å². The molecule has 4 aromatic carbocycles. The summed E-state index contributed by atoms with van der Waals surface area (Å²) in [5, 5.41) is 1.56. The molecule has 1 aliphatic heterocycles. The fraction of sp³-hybridized carbons (Fsp3) is 0.324. The lowest BCUT2D eigenvalue weighted by molar-refractivity contribution is 0.0228. The predicted molar refractivity (Wildman–Crippen MR) is 172 cm³/mol. The highest BCUT2D eigenvalue weighted by Crippen LogP contribution is 2.50. The van der Waals surface area contributed by atoms with Gasteiger partial charge in [0.2, 0.25) is 0 Å². The van der Waals surface area contributed by atoms with Gasteiger partial charge in [-0.15, -0.1) is 0 Å². The molecule has 0 saturated heterocycles. The van der Waals surface area contributed by atoms with E-state index in [1.54, 1.807) is 14.2 Å². The van der Waals surface area contributed by atoms with Crippen LogP contribution in [0.15, 0.2) is 78.9 Å². The maximum absolute atomic E-state index is 13.5. The molecule has 5 rings (SSSR count). The van der Waals surface area contributed by atoms with Crippen molar-refractivity contribution in [3.8, 4) is 23.0 Å². The third-order valence-corrected chi connectivity index (χ3v) is 7.87. The molecule has 230 valence electrons. The fourth-order valence-corrected chi connectivity index (χ4v) is 5.49. The summed E-state index contributed by atoms with van der Waals surface area (Å²) in [6.45, 7) is 8.53. The van der Waals surface area contributed by atoms with Crippen molar-refractivity contribution in [1.29, 1.82) is 0 Å². The molecule has 0 amide bonds. The average Bonchev–Trinajstić information content (AvgIpc) is 3.04. The van der Waals surface area contributed by atoms with Gasteiger partial charge in [-0.3, -0.25) is 0 Å². The molecule has 0 N–H and O–H groups in total. The van der Waals surface area contributed by atoms with Crippen LogP contribution in [0, 0.1) is 0 Å². The number of esters is 1. The third kappa shape index (κ3) is 5.97. The largest absolute Gasteiger partial charge is 0.497 e. The SMILES string of the molecule is COC(=O)c1c2c(c3ccccc3c1OC(C)(C)CCOC(C)C)OC(c1ccc(OC)cc1)(c1ccc(OC)cc1)C=C2. The molecule has 7 nitrogen and oxygen atoms in total. The first-order chi connectivity index (χ1) is 21.1. The number of carbonyl (C=O) groups excluding carboxylic acids is 1. The van der Waals surface area contributed by atoms with Crippen molar-refractivity contribution in [2.24, 2.45) is 0 Å². The van der Waals surface area contributed by atoms with Crippen LogP contribution in [-0.2, 0) is 15.1 Å². The topological polar surface area (TPSA) is 72.5 Å². The van der Waals surface area contributed by atoms with Gasteiger partial charge in [-0.05, 0) is 64.1 Å². The van der Waals surface area contributed by atoms with E-state index in [1.165, 1.54) is 7.11 Å². The standard InChI is InChI=1S/C37H40O7/c1-24(2)42-23-22-36(3,4)43-34-30-11-9-8-10-29(30)33-31(32(34)35(38)41-7)20-21-37(44-33,25-12-16-27(39-5)17-13-25)26-14-18-28(40-6)19-15-26/h8-21,24H,22-23H2,1-7H3. The van der Waals surface area contributed by atoms with Crippen LogP contribution in [0.4, 0.5) is 0 Å². The Morgan fingerprint density at radius 3 is 1.93 bits per heavy atom. The van der Waals surface area contributed by atoms with Crippen molar-refractivity contribution in [2.75, 3.05) is 27.9 Å². The monoisotopic (exact) mass is 596 g/mol. The lowest BCUT2D eigenvalue weighted by Crippen LogP contribution is -2.35. The number of carbonyl (C=O) groups is 1. The second kappa shape index (κ2) is 12.6. The Balaban J connectivity index is 1.72. The molecule has 0 unspecified atom stereocenters. The smallest absolute Gasteiger partial charge is 0.342 e. The molecule has 0 spiro atoms. The van der Waals surface area contributed by atoms with Crippen molar-refractivity contribution in [2.45, 2.75) is 51.4 Å². The molecule has 1 aliphatic rings. The summed E-state index contributed by atoms with van der Waals surface area (Å²) in [5.74, 6) is 1.98.